The summed E-state index contributed by atoms with van der Waals surface area (Å²) in [6.45, 7) is 0. The highest BCUT2D eigenvalue weighted by Gasteiger charge is 2.35. The van der Waals surface area contributed by atoms with Gasteiger partial charge in [0.15, 0.2) is 0 Å². The minimum Gasteiger partial charge on any atom is -0.345 e. The Morgan fingerprint density at radius 2 is 0.500 bits per heavy atom. The van der Waals surface area contributed by atoms with E-state index in [0.29, 0.717) is 24.4 Å². The third-order valence-corrected chi connectivity index (χ3v) is 7.74. The molecule has 0 unspecified atom stereocenters. The van der Waals surface area contributed by atoms with E-state index in [0.717, 1.165) is 51.4 Å². The minimum absolute atomic E-state index is 0.305. The molecule has 0 aromatic carbocycles. The van der Waals surface area contributed by atoms with Crippen LogP contribution in [0.3, 0.4) is 0 Å². The molecule has 0 amide bonds. The van der Waals surface area contributed by atoms with Gasteiger partial charge in [0.25, 0.3) is 0 Å². The number of hydrogen-bond acceptors (Lipinski definition) is 4. The molecule has 0 aromatic rings. The lowest BCUT2D eigenvalue weighted by atomic mass is 9.97. The highest BCUT2D eigenvalue weighted by Crippen LogP contribution is 2.31. The van der Waals surface area contributed by atoms with Crippen LogP contribution >= 0.6 is 0 Å². The van der Waals surface area contributed by atoms with Crippen molar-refractivity contribution in [1.82, 2.24) is 0 Å². The monoisotopic (exact) mass is 422 g/mol. The van der Waals surface area contributed by atoms with E-state index >= 15 is 0 Å². The second-order valence-corrected chi connectivity index (χ2v) is 10.3. The lowest BCUT2D eigenvalue weighted by Crippen LogP contribution is -2.45. The van der Waals surface area contributed by atoms with Crippen molar-refractivity contribution in [2.45, 2.75) is 165 Å². The summed E-state index contributed by atoms with van der Waals surface area (Å²) in [6, 6.07) is 0. The van der Waals surface area contributed by atoms with Crippen LogP contribution in [0, 0.1) is 0 Å². The predicted molar refractivity (Wildman–Crippen MR) is 119 cm³/mol. The average molecular weight is 423 g/mol. The third kappa shape index (κ3) is 7.46. The largest absolute Gasteiger partial charge is 0.345 e. The molecule has 4 aliphatic rings. The standard InChI is InChI=1S/C26H46O4/c1-5-13-21(14-6-1)27-25(28-22-15-7-2-8-16-22)26(29-23-17-9-3-10-18-23)30-24-19-11-4-12-20-24/h21-26H,1-20H2. The van der Waals surface area contributed by atoms with Gasteiger partial charge in [0.05, 0.1) is 24.4 Å². The van der Waals surface area contributed by atoms with Gasteiger partial charge in [-0.1, -0.05) is 77.0 Å². The zero-order chi connectivity index (χ0) is 20.4. The molecule has 30 heavy (non-hydrogen) atoms. The summed E-state index contributed by atoms with van der Waals surface area (Å²) in [5, 5.41) is 0. The Balaban J connectivity index is 1.44. The Labute approximate surface area is 184 Å². The Hall–Kier alpha value is -0.160. The SMILES string of the molecule is C1CCC(OC(OC2CCCCC2)C(OC2CCCCC2)OC2CCCCC2)CC1. The quantitative estimate of drug-likeness (QED) is 0.374. The van der Waals surface area contributed by atoms with E-state index in [4.69, 9.17) is 18.9 Å². The van der Waals surface area contributed by atoms with Gasteiger partial charge >= 0.3 is 0 Å². The maximum atomic E-state index is 6.67. The molecule has 4 heteroatoms. The fraction of sp³-hybridized carbons (Fsp3) is 1.00. The topological polar surface area (TPSA) is 36.9 Å². The predicted octanol–water partition coefficient (Wildman–Crippen LogP) is 7.04. The van der Waals surface area contributed by atoms with Crippen LogP contribution in [-0.2, 0) is 18.9 Å². The van der Waals surface area contributed by atoms with E-state index in [1.54, 1.807) is 0 Å². The van der Waals surface area contributed by atoms with Crippen LogP contribution in [0.25, 0.3) is 0 Å². The second kappa shape index (κ2) is 12.8. The van der Waals surface area contributed by atoms with Gasteiger partial charge in [-0.15, -0.1) is 0 Å². The van der Waals surface area contributed by atoms with Gasteiger partial charge in [-0.2, -0.15) is 0 Å². The maximum Gasteiger partial charge on any atom is 0.209 e. The summed E-state index contributed by atoms with van der Waals surface area (Å²) in [4.78, 5) is 0. The van der Waals surface area contributed by atoms with Crippen molar-refractivity contribution in [3.8, 4) is 0 Å². The van der Waals surface area contributed by atoms with Gasteiger partial charge in [0.1, 0.15) is 0 Å². The van der Waals surface area contributed by atoms with Gasteiger partial charge in [-0.25, -0.2) is 0 Å². The van der Waals surface area contributed by atoms with Crippen LogP contribution in [0.1, 0.15) is 128 Å². The van der Waals surface area contributed by atoms with E-state index < -0.39 is 0 Å². The molecule has 0 aliphatic heterocycles. The fourth-order valence-corrected chi connectivity index (χ4v) is 5.88. The van der Waals surface area contributed by atoms with E-state index in [1.807, 2.05) is 0 Å². The molecule has 4 fully saturated rings. The summed E-state index contributed by atoms with van der Waals surface area (Å²) < 4.78 is 26.7. The molecule has 0 radical (unpaired) electrons. The van der Waals surface area contributed by atoms with Crippen molar-refractivity contribution < 1.29 is 18.9 Å². The smallest absolute Gasteiger partial charge is 0.209 e. The summed E-state index contributed by atoms with van der Waals surface area (Å²) in [5.74, 6) is 0. The van der Waals surface area contributed by atoms with Crippen LogP contribution in [0.2, 0.25) is 0 Å². The van der Waals surface area contributed by atoms with Crippen LogP contribution in [-0.4, -0.2) is 37.0 Å². The van der Waals surface area contributed by atoms with Gasteiger partial charge in [0, 0.05) is 0 Å². The molecule has 0 N–H and O–H groups in total. The molecule has 0 heterocycles. The number of rotatable bonds is 9. The Bertz CT molecular complexity index is 364. The molecule has 0 bridgehead atoms. The second-order valence-electron chi connectivity index (χ2n) is 10.3. The molecule has 0 spiro atoms. The first-order valence-electron chi connectivity index (χ1n) is 13.5. The van der Waals surface area contributed by atoms with Crippen molar-refractivity contribution in [1.29, 1.82) is 0 Å². The van der Waals surface area contributed by atoms with Crippen molar-refractivity contribution in [3.05, 3.63) is 0 Å². The molecular weight excluding hydrogens is 376 g/mol. The third-order valence-electron chi connectivity index (χ3n) is 7.74. The lowest BCUT2D eigenvalue weighted by molar-refractivity contribution is -0.333. The molecule has 4 saturated carbocycles. The summed E-state index contributed by atoms with van der Waals surface area (Å²) in [7, 11) is 0. The Morgan fingerprint density at radius 1 is 0.300 bits per heavy atom. The molecule has 4 aliphatic carbocycles. The minimum atomic E-state index is -0.361. The first-order valence-corrected chi connectivity index (χ1v) is 13.5. The van der Waals surface area contributed by atoms with Gasteiger partial charge < -0.3 is 18.9 Å². The summed E-state index contributed by atoms with van der Waals surface area (Å²) >= 11 is 0. The van der Waals surface area contributed by atoms with E-state index in [2.05, 4.69) is 0 Å². The van der Waals surface area contributed by atoms with Gasteiger partial charge in [-0.05, 0) is 51.4 Å². The Kier molecular flexibility index (Phi) is 9.80. The van der Waals surface area contributed by atoms with Crippen LogP contribution in [0.4, 0.5) is 0 Å². The molecule has 4 rings (SSSR count). The summed E-state index contributed by atoms with van der Waals surface area (Å²) in [5.41, 5.74) is 0. The molecule has 0 aromatic heterocycles. The number of ether oxygens (including phenoxy) is 4. The highest BCUT2D eigenvalue weighted by atomic mass is 16.8. The van der Waals surface area contributed by atoms with Crippen molar-refractivity contribution in [3.63, 3.8) is 0 Å². The zero-order valence-electron chi connectivity index (χ0n) is 19.2. The van der Waals surface area contributed by atoms with E-state index in [-0.39, 0.29) is 12.6 Å². The highest BCUT2D eigenvalue weighted by molar-refractivity contribution is 4.75. The van der Waals surface area contributed by atoms with E-state index in [1.165, 1.54) is 77.0 Å². The Morgan fingerprint density at radius 3 is 0.700 bits per heavy atom. The van der Waals surface area contributed by atoms with Crippen LogP contribution < -0.4 is 0 Å². The number of hydrogen-bond donors (Lipinski definition) is 0. The molecule has 4 nitrogen and oxygen atoms in total. The molecule has 0 atom stereocenters. The van der Waals surface area contributed by atoms with Gasteiger partial charge in [0.2, 0.25) is 12.6 Å². The average Bonchev–Trinajstić information content (AvgIpc) is 2.81. The van der Waals surface area contributed by atoms with Crippen molar-refractivity contribution in [2.24, 2.45) is 0 Å². The normalized spacial score (nSPS) is 26.6. The molecular formula is C26H46O4. The summed E-state index contributed by atoms with van der Waals surface area (Å²) in [6.07, 6.45) is 25.3. The zero-order valence-corrected chi connectivity index (χ0v) is 19.2. The first kappa shape index (κ1) is 23.0. The van der Waals surface area contributed by atoms with E-state index in [9.17, 15) is 0 Å². The molecule has 174 valence electrons. The van der Waals surface area contributed by atoms with Crippen molar-refractivity contribution in [2.75, 3.05) is 0 Å². The maximum absolute atomic E-state index is 6.67. The van der Waals surface area contributed by atoms with Gasteiger partial charge in [-0.3, -0.25) is 0 Å². The van der Waals surface area contributed by atoms with Crippen LogP contribution in [0.5, 0.6) is 0 Å². The fourth-order valence-electron chi connectivity index (χ4n) is 5.88. The molecule has 0 saturated heterocycles. The van der Waals surface area contributed by atoms with Crippen LogP contribution in [0.15, 0.2) is 0 Å². The van der Waals surface area contributed by atoms with Crippen molar-refractivity contribution >= 4 is 0 Å². The first-order chi connectivity index (χ1) is 14.9. The lowest BCUT2D eigenvalue weighted by Gasteiger charge is -2.39.